The van der Waals surface area contributed by atoms with E-state index in [2.05, 4.69) is 0 Å². The van der Waals surface area contributed by atoms with Crippen molar-refractivity contribution in [1.82, 2.24) is 0 Å². The van der Waals surface area contributed by atoms with E-state index in [1.165, 1.54) is 0 Å². The molecule has 0 aliphatic carbocycles. The molecule has 0 atom stereocenters. The van der Waals surface area contributed by atoms with Crippen molar-refractivity contribution in [1.29, 1.82) is 0 Å². The predicted octanol–water partition coefficient (Wildman–Crippen LogP) is 1.82. The van der Waals surface area contributed by atoms with Crippen LogP contribution in [0.3, 0.4) is 0 Å². The number of aliphatic hydroxyl groups is 2. The number of ether oxygens (including phenoxy) is 1. The first-order valence-electron chi connectivity index (χ1n) is 5.60. The molecule has 0 heterocycles. The Bertz CT molecular complexity index is 172. The summed E-state index contributed by atoms with van der Waals surface area (Å²) >= 11 is 0. The average Bonchev–Trinajstić information content (AvgIpc) is 2.20. The Morgan fingerprint density at radius 2 is 1.53 bits per heavy atom. The normalized spacial score (nSPS) is 13.6. The van der Waals surface area contributed by atoms with Crippen LogP contribution in [0.2, 0.25) is 0 Å². The number of rotatable bonds is 7. The summed E-state index contributed by atoms with van der Waals surface area (Å²) in [6.45, 7) is 8.17. The van der Waals surface area contributed by atoms with Gasteiger partial charge in [0.15, 0.2) is 0 Å². The molecule has 3 heteroatoms. The van der Waals surface area contributed by atoms with Crippen LogP contribution < -0.4 is 0 Å². The zero-order valence-electron chi connectivity index (χ0n) is 10.7. The highest BCUT2D eigenvalue weighted by Gasteiger charge is 2.34. The summed E-state index contributed by atoms with van der Waals surface area (Å²) in [7, 11) is 1.69. The Kier molecular flexibility index (Phi) is 5.78. The summed E-state index contributed by atoms with van der Waals surface area (Å²) in [5, 5.41) is 18.8. The molecule has 15 heavy (non-hydrogen) atoms. The van der Waals surface area contributed by atoms with E-state index in [-0.39, 0.29) is 30.1 Å². The molecule has 0 aliphatic rings. The van der Waals surface area contributed by atoms with Crippen LogP contribution in [0.25, 0.3) is 0 Å². The van der Waals surface area contributed by atoms with Gasteiger partial charge in [-0.2, -0.15) is 0 Å². The predicted molar refractivity (Wildman–Crippen MR) is 61.8 cm³/mol. The van der Waals surface area contributed by atoms with Crippen LogP contribution in [0.5, 0.6) is 0 Å². The van der Waals surface area contributed by atoms with Gasteiger partial charge in [-0.1, -0.05) is 13.8 Å². The molecule has 0 aliphatic heterocycles. The van der Waals surface area contributed by atoms with Gasteiger partial charge in [0.25, 0.3) is 0 Å². The molecule has 0 fully saturated rings. The summed E-state index contributed by atoms with van der Waals surface area (Å²) in [5.41, 5.74) is -0.569. The highest BCUT2D eigenvalue weighted by Crippen LogP contribution is 2.34. The average molecular weight is 218 g/mol. The van der Waals surface area contributed by atoms with Crippen molar-refractivity contribution >= 4 is 0 Å². The summed E-state index contributed by atoms with van der Waals surface area (Å²) in [4.78, 5) is 0. The molecular weight excluding hydrogens is 192 g/mol. The van der Waals surface area contributed by atoms with Gasteiger partial charge < -0.3 is 14.9 Å². The molecule has 0 rings (SSSR count). The lowest BCUT2D eigenvalue weighted by molar-refractivity contribution is -0.0330. The first-order chi connectivity index (χ1) is 6.83. The highest BCUT2D eigenvalue weighted by molar-refractivity contribution is 4.84. The van der Waals surface area contributed by atoms with E-state index >= 15 is 0 Å². The van der Waals surface area contributed by atoms with Gasteiger partial charge in [0.2, 0.25) is 0 Å². The van der Waals surface area contributed by atoms with Gasteiger partial charge in [0.05, 0.1) is 18.8 Å². The van der Waals surface area contributed by atoms with E-state index in [0.717, 1.165) is 12.8 Å². The quantitative estimate of drug-likeness (QED) is 0.685. The van der Waals surface area contributed by atoms with E-state index in [9.17, 15) is 10.2 Å². The first kappa shape index (κ1) is 14.9. The van der Waals surface area contributed by atoms with Crippen molar-refractivity contribution in [2.24, 2.45) is 11.3 Å². The van der Waals surface area contributed by atoms with E-state index in [4.69, 9.17) is 4.74 Å². The van der Waals surface area contributed by atoms with Crippen LogP contribution in [0.1, 0.15) is 40.5 Å². The number of hydrogen-bond donors (Lipinski definition) is 2. The van der Waals surface area contributed by atoms with Gasteiger partial charge in [-0.25, -0.2) is 0 Å². The van der Waals surface area contributed by atoms with Crippen molar-refractivity contribution in [2.75, 3.05) is 20.3 Å². The maximum Gasteiger partial charge on any atom is 0.0623 e. The maximum absolute atomic E-state index is 9.42. The molecular formula is C12H26O3. The number of methoxy groups -OCH3 is 1. The molecule has 0 unspecified atom stereocenters. The molecule has 0 aromatic carbocycles. The van der Waals surface area contributed by atoms with Crippen LogP contribution >= 0.6 is 0 Å². The fourth-order valence-corrected chi connectivity index (χ4v) is 1.51. The van der Waals surface area contributed by atoms with Crippen LogP contribution in [-0.4, -0.2) is 36.1 Å². The summed E-state index contributed by atoms with van der Waals surface area (Å²) in [6.07, 6.45) is 1.61. The minimum Gasteiger partial charge on any atom is -0.396 e. The monoisotopic (exact) mass is 218 g/mol. The zero-order chi connectivity index (χ0) is 12.1. The third kappa shape index (κ3) is 4.09. The van der Waals surface area contributed by atoms with Gasteiger partial charge in [0, 0.05) is 12.5 Å². The highest BCUT2D eigenvalue weighted by atomic mass is 16.5. The van der Waals surface area contributed by atoms with Gasteiger partial charge in [-0.05, 0) is 32.6 Å². The summed E-state index contributed by atoms with van der Waals surface area (Å²) in [6, 6.07) is 0. The molecule has 0 spiro atoms. The van der Waals surface area contributed by atoms with Gasteiger partial charge in [0.1, 0.15) is 0 Å². The van der Waals surface area contributed by atoms with Crippen molar-refractivity contribution in [2.45, 2.75) is 46.1 Å². The fraction of sp³-hybridized carbons (Fsp3) is 1.00. The SMILES string of the molecule is COC(C)(C)CCC(CO)(CO)C(C)C. The maximum atomic E-state index is 9.42. The van der Waals surface area contributed by atoms with E-state index in [1.54, 1.807) is 7.11 Å². The van der Waals surface area contributed by atoms with Crippen molar-refractivity contribution in [3.63, 3.8) is 0 Å². The lowest BCUT2D eigenvalue weighted by atomic mass is 9.73. The third-order valence-corrected chi connectivity index (χ3v) is 3.63. The van der Waals surface area contributed by atoms with Crippen molar-refractivity contribution in [3.05, 3.63) is 0 Å². The van der Waals surface area contributed by atoms with Crippen molar-refractivity contribution in [3.8, 4) is 0 Å². The van der Waals surface area contributed by atoms with E-state index < -0.39 is 0 Å². The lowest BCUT2D eigenvalue weighted by Crippen LogP contribution is -2.38. The second-order valence-corrected chi connectivity index (χ2v) is 5.30. The molecule has 0 bridgehead atoms. The van der Waals surface area contributed by atoms with E-state index in [0.29, 0.717) is 0 Å². The zero-order valence-corrected chi connectivity index (χ0v) is 10.7. The third-order valence-electron chi connectivity index (χ3n) is 3.63. The fourth-order valence-electron chi connectivity index (χ4n) is 1.51. The molecule has 0 saturated heterocycles. The molecule has 0 saturated carbocycles. The number of aliphatic hydroxyl groups excluding tert-OH is 2. The smallest absolute Gasteiger partial charge is 0.0623 e. The van der Waals surface area contributed by atoms with Crippen LogP contribution in [-0.2, 0) is 4.74 Å². The van der Waals surface area contributed by atoms with Gasteiger partial charge >= 0.3 is 0 Å². The first-order valence-corrected chi connectivity index (χ1v) is 5.60. The van der Waals surface area contributed by atoms with Crippen LogP contribution in [0.4, 0.5) is 0 Å². The van der Waals surface area contributed by atoms with Gasteiger partial charge in [-0.15, -0.1) is 0 Å². The van der Waals surface area contributed by atoms with Crippen LogP contribution in [0.15, 0.2) is 0 Å². The largest absolute Gasteiger partial charge is 0.396 e. The second kappa shape index (κ2) is 5.83. The van der Waals surface area contributed by atoms with Crippen LogP contribution in [0, 0.1) is 11.3 Å². The van der Waals surface area contributed by atoms with Gasteiger partial charge in [-0.3, -0.25) is 0 Å². The molecule has 0 radical (unpaired) electrons. The minimum absolute atomic E-state index is 0.0287. The molecule has 3 nitrogen and oxygen atoms in total. The Morgan fingerprint density at radius 3 is 1.80 bits per heavy atom. The Hall–Kier alpha value is -0.120. The second-order valence-electron chi connectivity index (χ2n) is 5.30. The Morgan fingerprint density at radius 1 is 1.07 bits per heavy atom. The Labute approximate surface area is 93.5 Å². The molecule has 2 N–H and O–H groups in total. The summed E-state index contributed by atoms with van der Waals surface area (Å²) < 4.78 is 5.34. The topological polar surface area (TPSA) is 49.7 Å². The Balaban J connectivity index is 4.43. The lowest BCUT2D eigenvalue weighted by Gasteiger charge is -2.36. The standard InChI is InChI=1S/C12H26O3/c1-10(2)12(8-13,9-14)7-6-11(3,4)15-5/h10,13-14H,6-9H2,1-5H3. The summed E-state index contributed by atoms with van der Waals surface area (Å²) in [5.74, 6) is 0.264. The van der Waals surface area contributed by atoms with E-state index in [1.807, 2.05) is 27.7 Å². The molecule has 92 valence electrons. The minimum atomic E-state index is -0.379. The van der Waals surface area contributed by atoms with Crippen molar-refractivity contribution < 1.29 is 14.9 Å². The number of hydrogen-bond acceptors (Lipinski definition) is 3. The molecule has 0 aromatic rings. The molecule has 0 amide bonds. The molecule has 0 aromatic heterocycles.